The van der Waals surface area contributed by atoms with Gasteiger partial charge >= 0.3 is 7.12 Å². The van der Waals surface area contributed by atoms with Crippen LogP contribution in [0.15, 0.2) is 29.2 Å². The Morgan fingerprint density at radius 1 is 1.35 bits per heavy atom. The van der Waals surface area contributed by atoms with E-state index < -0.39 is 7.12 Å². The van der Waals surface area contributed by atoms with E-state index in [1.807, 2.05) is 0 Å². The van der Waals surface area contributed by atoms with Gasteiger partial charge in [-0.25, -0.2) is 0 Å². The summed E-state index contributed by atoms with van der Waals surface area (Å²) < 4.78 is 6.50. The third kappa shape index (κ3) is 1.92. The van der Waals surface area contributed by atoms with Crippen LogP contribution in [-0.4, -0.2) is 28.8 Å². The highest BCUT2D eigenvalue weighted by Crippen LogP contribution is 2.16. The lowest BCUT2D eigenvalue weighted by Gasteiger charge is -2.10. The van der Waals surface area contributed by atoms with E-state index in [1.54, 1.807) is 25.4 Å². The average Bonchev–Trinajstić information content (AvgIpc) is 2.32. The Hall–Kier alpha value is -1.79. The third-order valence-electron chi connectivity index (χ3n) is 2.71. The lowest BCUT2D eigenvalue weighted by Crippen LogP contribution is -2.31. The molecule has 2 aromatic rings. The minimum absolute atomic E-state index is 0.153. The molecule has 2 rings (SSSR count). The van der Waals surface area contributed by atoms with E-state index in [2.05, 4.69) is 0 Å². The quantitative estimate of drug-likeness (QED) is 0.668. The first-order valence-corrected chi connectivity index (χ1v) is 5.08. The lowest BCUT2D eigenvalue weighted by atomic mass is 9.78. The van der Waals surface area contributed by atoms with Crippen LogP contribution >= 0.6 is 0 Å². The molecule has 0 atom stereocenters. The van der Waals surface area contributed by atoms with Crippen LogP contribution in [0.25, 0.3) is 10.8 Å². The van der Waals surface area contributed by atoms with Gasteiger partial charge in [0, 0.05) is 18.7 Å². The van der Waals surface area contributed by atoms with E-state index in [0.29, 0.717) is 10.8 Å². The molecule has 0 amide bonds. The molecule has 0 aliphatic carbocycles. The van der Waals surface area contributed by atoms with E-state index in [1.165, 1.54) is 17.7 Å². The number of methoxy groups -OCH3 is 1. The Morgan fingerprint density at radius 2 is 2.06 bits per heavy atom. The molecule has 5 nitrogen and oxygen atoms in total. The molecule has 0 fully saturated rings. The molecule has 1 heterocycles. The molecule has 0 aliphatic rings. The molecule has 2 N–H and O–H groups in total. The molecule has 88 valence electrons. The van der Waals surface area contributed by atoms with E-state index in [0.717, 1.165) is 0 Å². The predicted molar refractivity (Wildman–Crippen MR) is 65.6 cm³/mol. The van der Waals surface area contributed by atoms with Gasteiger partial charge < -0.3 is 19.4 Å². The van der Waals surface area contributed by atoms with Crippen molar-refractivity contribution in [1.29, 1.82) is 0 Å². The Labute approximate surface area is 98.0 Å². The highest BCUT2D eigenvalue weighted by Gasteiger charge is 2.18. The molecule has 0 spiro atoms. The molecule has 0 radical (unpaired) electrons. The zero-order valence-corrected chi connectivity index (χ0v) is 9.54. The number of nitrogens with zero attached hydrogens (tertiary/aromatic N) is 1. The van der Waals surface area contributed by atoms with Gasteiger partial charge in [-0.3, -0.25) is 4.79 Å². The molecular formula is C11H12BNO4. The molecular weight excluding hydrogens is 221 g/mol. The third-order valence-corrected chi connectivity index (χ3v) is 2.71. The zero-order chi connectivity index (χ0) is 12.6. The summed E-state index contributed by atoms with van der Waals surface area (Å²) in [4.78, 5) is 11.9. The largest absolute Gasteiger partial charge is 0.497 e. The van der Waals surface area contributed by atoms with Crippen molar-refractivity contribution >= 4 is 23.4 Å². The van der Waals surface area contributed by atoms with Gasteiger partial charge in [0.1, 0.15) is 5.75 Å². The molecule has 1 aromatic carbocycles. The summed E-state index contributed by atoms with van der Waals surface area (Å²) in [5.74, 6) is 0.288. The van der Waals surface area contributed by atoms with Gasteiger partial charge in [-0.2, -0.15) is 0 Å². The second-order valence-electron chi connectivity index (χ2n) is 3.79. The summed E-state index contributed by atoms with van der Waals surface area (Å²) in [5.41, 5.74) is 0.0908. The van der Waals surface area contributed by atoms with Gasteiger partial charge in [0.2, 0.25) is 0 Å². The zero-order valence-electron chi connectivity index (χ0n) is 9.54. The molecule has 6 heteroatoms. The summed E-state index contributed by atoms with van der Waals surface area (Å²) >= 11 is 0. The molecule has 0 saturated carbocycles. The van der Waals surface area contributed by atoms with Crippen LogP contribution in [0, 0.1) is 0 Å². The van der Waals surface area contributed by atoms with Crippen molar-refractivity contribution in [3.63, 3.8) is 0 Å². The number of hydrogen-bond acceptors (Lipinski definition) is 4. The first kappa shape index (κ1) is 11.7. The van der Waals surface area contributed by atoms with Gasteiger partial charge in [0.25, 0.3) is 5.56 Å². The van der Waals surface area contributed by atoms with E-state index in [4.69, 9.17) is 4.74 Å². The minimum Gasteiger partial charge on any atom is -0.497 e. The first-order valence-electron chi connectivity index (χ1n) is 5.08. The molecule has 1 aromatic heterocycles. The highest BCUT2D eigenvalue weighted by molar-refractivity contribution is 6.60. The molecule has 0 bridgehead atoms. The smallest absolute Gasteiger partial charge is 0.492 e. The fourth-order valence-electron chi connectivity index (χ4n) is 1.77. The maximum absolute atomic E-state index is 11.9. The van der Waals surface area contributed by atoms with Crippen molar-refractivity contribution in [1.82, 2.24) is 4.57 Å². The van der Waals surface area contributed by atoms with Gasteiger partial charge in [-0.1, -0.05) is 6.07 Å². The average molecular weight is 233 g/mol. The normalized spacial score (nSPS) is 10.6. The lowest BCUT2D eigenvalue weighted by molar-refractivity contribution is 0.403. The number of rotatable bonds is 2. The van der Waals surface area contributed by atoms with Crippen molar-refractivity contribution in [2.75, 3.05) is 7.11 Å². The standard InChI is InChI=1S/C11H12BNO4/c1-13-4-3-7-5-9(12(15)16)10(17-2)6-8(7)11(13)14/h3-6,15-16H,1-2H3. The Kier molecular flexibility index (Phi) is 2.91. The van der Waals surface area contributed by atoms with Crippen LogP contribution in [0.5, 0.6) is 5.75 Å². The van der Waals surface area contributed by atoms with Crippen LogP contribution in [0.2, 0.25) is 0 Å². The Balaban J connectivity index is 2.83. The molecule has 0 saturated heterocycles. The van der Waals surface area contributed by atoms with Crippen molar-refractivity contribution in [3.8, 4) is 5.75 Å². The predicted octanol–water partition coefficient (Wildman–Crippen LogP) is -0.773. The monoisotopic (exact) mass is 233 g/mol. The van der Waals surface area contributed by atoms with Gasteiger partial charge in [0.05, 0.1) is 12.5 Å². The number of fused-ring (bicyclic) bond motifs is 1. The number of aromatic nitrogens is 1. The van der Waals surface area contributed by atoms with E-state index in [-0.39, 0.29) is 16.8 Å². The van der Waals surface area contributed by atoms with Crippen LogP contribution in [0.4, 0.5) is 0 Å². The SMILES string of the molecule is COc1cc2c(=O)n(C)ccc2cc1B(O)O. The number of hydrogen-bond donors (Lipinski definition) is 2. The maximum Gasteiger partial charge on any atom is 0.492 e. The van der Waals surface area contributed by atoms with Crippen LogP contribution in [0.1, 0.15) is 0 Å². The summed E-state index contributed by atoms with van der Waals surface area (Å²) in [7, 11) is 1.45. The Morgan fingerprint density at radius 3 is 2.65 bits per heavy atom. The summed E-state index contributed by atoms with van der Waals surface area (Å²) in [6.45, 7) is 0. The molecule has 17 heavy (non-hydrogen) atoms. The highest BCUT2D eigenvalue weighted by atomic mass is 16.5. The van der Waals surface area contributed by atoms with Gasteiger partial charge in [-0.05, 0) is 17.5 Å². The van der Waals surface area contributed by atoms with Gasteiger partial charge in [0.15, 0.2) is 0 Å². The van der Waals surface area contributed by atoms with Crippen LogP contribution in [-0.2, 0) is 7.05 Å². The fraction of sp³-hybridized carbons (Fsp3) is 0.182. The van der Waals surface area contributed by atoms with Gasteiger partial charge in [-0.15, -0.1) is 0 Å². The van der Waals surface area contributed by atoms with Crippen LogP contribution in [0.3, 0.4) is 0 Å². The van der Waals surface area contributed by atoms with Crippen molar-refractivity contribution in [3.05, 3.63) is 34.7 Å². The number of ether oxygens (including phenoxy) is 1. The second-order valence-corrected chi connectivity index (χ2v) is 3.79. The van der Waals surface area contributed by atoms with E-state index >= 15 is 0 Å². The van der Waals surface area contributed by atoms with Crippen molar-refractivity contribution in [2.24, 2.45) is 7.05 Å². The molecule has 0 aliphatic heterocycles. The first-order chi connectivity index (χ1) is 8.04. The van der Waals surface area contributed by atoms with Crippen molar-refractivity contribution < 1.29 is 14.8 Å². The second kappa shape index (κ2) is 4.23. The topological polar surface area (TPSA) is 71.7 Å². The van der Waals surface area contributed by atoms with E-state index in [9.17, 15) is 14.8 Å². The van der Waals surface area contributed by atoms with Crippen molar-refractivity contribution in [2.45, 2.75) is 0 Å². The maximum atomic E-state index is 11.9. The van der Waals surface area contributed by atoms with Crippen LogP contribution < -0.4 is 15.8 Å². The number of benzene rings is 1. The fourth-order valence-corrected chi connectivity index (χ4v) is 1.77. The number of pyridine rings is 1. The molecule has 0 unspecified atom stereocenters. The summed E-state index contributed by atoms with van der Waals surface area (Å²) in [5, 5.41) is 19.6. The Bertz CT molecular complexity index is 621. The summed E-state index contributed by atoms with van der Waals surface area (Å²) in [6, 6.07) is 4.80. The number of aryl methyl sites for hydroxylation is 1. The summed E-state index contributed by atoms with van der Waals surface area (Å²) in [6.07, 6.45) is 1.63. The minimum atomic E-state index is -1.63.